The minimum absolute atomic E-state index is 0.0306. The predicted molar refractivity (Wildman–Crippen MR) is 88.1 cm³/mol. The number of benzene rings is 1. The van der Waals surface area contributed by atoms with E-state index in [2.05, 4.69) is 4.74 Å². The Morgan fingerprint density at radius 2 is 1.68 bits per heavy atom. The minimum atomic E-state index is -4.30. The zero-order chi connectivity index (χ0) is 18.5. The Morgan fingerprint density at radius 3 is 2.24 bits per heavy atom. The average molecular weight is 401 g/mol. The number of hydrogen-bond donors (Lipinski definition) is 0. The largest absolute Gasteiger partial charge is 0.411 e. The molecule has 0 bridgehead atoms. The molecule has 2 rings (SSSR count). The van der Waals surface area contributed by atoms with Crippen LogP contribution in [-0.2, 0) is 14.8 Å². The fraction of sp³-hybridized carbons (Fsp3) is 0.600. The molecule has 0 radical (unpaired) electrons. The van der Waals surface area contributed by atoms with E-state index in [0.29, 0.717) is 44.2 Å². The second-order valence-corrected chi connectivity index (χ2v) is 8.10. The third-order valence-electron chi connectivity index (χ3n) is 3.81. The summed E-state index contributed by atoms with van der Waals surface area (Å²) in [5.41, 5.74) is 0. The SMILES string of the molecule is O=S(=O)(c1ccc(Cl)cc1)N1CCN(CCCOCC(F)(F)F)CC1. The summed E-state index contributed by atoms with van der Waals surface area (Å²) in [6, 6.07) is 6.02. The molecule has 5 nitrogen and oxygen atoms in total. The maximum absolute atomic E-state index is 12.5. The highest BCUT2D eigenvalue weighted by Crippen LogP contribution is 2.20. The van der Waals surface area contributed by atoms with E-state index < -0.39 is 22.8 Å². The van der Waals surface area contributed by atoms with Crippen LogP contribution >= 0.6 is 11.6 Å². The zero-order valence-electron chi connectivity index (χ0n) is 13.5. The Hall–Kier alpha value is -0.870. The molecule has 0 spiro atoms. The van der Waals surface area contributed by atoms with Crippen molar-refractivity contribution in [3.63, 3.8) is 0 Å². The molecule has 25 heavy (non-hydrogen) atoms. The van der Waals surface area contributed by atoms with E-state index in [1.165, 1.54) is 28.6 Å². The molecule has 1 aliphatic heterocycles. The van der Waals surface area contributed by atoms with Crippen molar-refractivity contribution in [3.8, 4) is 0 Å². The van der Waals surface area contributed by atoms with Crippen LogP contribution in [-0.4, -0.2) is 69.7 Å². The summed E-state index contributed by atoms with van der Waals surface area (Å²) in [5.74, 6) is 0. The van der Waals surface area contributed by atoms with E-state index in [1.807, 2.05) is 4.90 Å². The number of rotatable bonds is 7. The van der Waals surface area contributed by atoms with Gasteiger partial charge in [-0.25, -0.2) is 8.42 Å². The molecule has 1 aromatic carbocycles. The van der Waals surface area contributed by atoms with Gasteiger partial charge < -0.3 is 9.64 Å². The lowest BCUT2D eigenvalue weighted by Gasteiger charge is -2.33. The molecule has 0 unspecified atom stereocenters. The van der Waals surface area contributed by atoms with Crippen LogP contribution in [0.5, 0.6) is 0 Å². The molecule has 1 aliphatic rings. The first-order valence-corrected chi connectivity index (χ1v) is 9.63. The molecule has 0 amide bonds. The number of alkyl halides is 3. The molecule has 0 aliphatic carbocycles. The van der Waals surface area contributed by atoms with Crippen molar-refractivity contribution in [3.05, 3.63) is 29.3 Å². The van der Waals surface area contributed by atoms with Gasteiger partial charge in [0.2, 0.25) is 10.0 Å². The molecule has 1 heterocycles. The van der Waals surface area contributed by atoms with Gasteiger partial charge in [0.25, 0.3) is 0 Å². The maximum Gasteiger partial charge on any atom is 0.411 e. The van der Waals surface area contributed by atoms with Crippen molar-refractivity contribution < 1.29 is 26.3 Å². The molecule has 0 atom stereocenters. The van der Waals surface area contributed by atoms with Gasteiger partial charge in [-0.2, -0.15) is 17.5 Å². The van der Waals surface area contributed by atoms with Crippen molar-refractivity contribution in [1.82, 2.24) is 9.21 Å². The topological polar surface area (TPSA) is 49.9 Å². The lowest BCUT2D eigenvalue weighted by molar-refractivity contribution is -0.174. The highest BCUT2D eigenvalue weighted by atomic mass is 35.5. The lowest BCUT2D eigenvalue weighted by Crippen LogP contribution is -2.48. The number of hydrogen-bond acceptors (Lipinski definition) is 4. The molecular formula is C15H20ClF3N2O3S. The highest BCUT2D eigenvalue weighted by Gasteiger charge is 2.29. The Morgan fingerprint density at radius 1 is 1.08 bits per heavy atom. The van der Waals surface area contributed by atoms with Gasteiger partial charge in [-0.15, -0.1) is 0 Å². The summed E-state index contributed by atoms with van der Waals surface area (Å²) in [7, 11) is -3.55. The molecule has 142 valence electrons. The number of ether oxygens (including phenoxy) is 1. The van der Waals surface area contributed by atoms with Crippen LogP contribution in [0.4, 0.5) is 13.2 Å². The standard InChI is InChI=1S/C15H20ClF3N2O3S/c16-13-2-4-14(5-3-13)25(22,23)21-9-7-20(8-10-21)6-1-11-24-12-15(17,18)19/h2-5H,1,6-12H2. The number of nitrogens with zero attached hydrogens (tertiary/aromatic N) is 2. The second-order valence-electron chi connectivity index (χ2n) is 5.72. The number of halogens is 4. The van der Waals surface area contributed by atoms with Crippen LogP contribution in [0.25, 0.3) is 0 Å². The van der Waals surface area contributed by atoms with E-state index >= 15 is 0 Å². The van der Waals surface area contributed by atoms with Crippen LogP contribution in [0.1, 0.15) is 6.42 Å². The van der Waals surface area contributed by atoms with E-state index in [1.54, 1.807) is 0 Å². The molecule has 10 heteroatoms. The van der Waals surface area contributed by atoms with Crippen LogP contribution < -0.4 is 0 Å². The third kappa shape index (κ3) is 6.41. The van der Waals surface area contributed by atoms with E-state index in [4.69, 9.17) is 11.6 Å². The summed E-state index contributed by atoms with van der Waals surface area (Å²) in [5, 5.41) is 0.469. The monoisotopic (exact) mass is 400 g/mol. The van der Waals surface area contributed by atoms with E-state index in [0.717, 1.165) is 0 Å². The quantitative estimate of drug-likeness (QED) is 0.660. The second kappa shape index (κ2) is 8.68. The first-order valence-electron chi connectivity index (χ1n) is 7.81. The van der Waals surface area contributed by atoms with Crippen LogP contribution in [0.2, 0.25) is 5.02 Å². The van der Waals surface area contributed by atoms with Crippen LogP contribution in [0.15, 0.2) is 29.2 Å². The summed E-state index contributed by atoms with van der Waals surface area (Å²) in [4.78, 5) is 2.22. The molecule has 1 aromatic rings. The zero-order valence-corrected chi connectivity index (χ0v) is 15.1. The molecule has 0 saturated carbocycles. The van der Waals surface area contributed by atoms with Crippen LogP contribution in [0.3, 0.4) is 0 Å². The first-order chi connectivity index (χ1) is 11.7. The normalized spacial score (nSPS) is 17.8. The van der Waals surface area contributed by atoms with Gasteiger partial charge in [-0.1, -0.05) is 11.6 Å². The predicted octanol–water partition coefficient (Wildman–Crippen LogP) is 2.62. The Kier molecular flexibility index (Phi) is 7.10. The molecule has 0 N–H and O–H groups in total. The van der Waals surface area contributed by atoms with Gasteiger partial charge in [0.15, 0.2) is 0 Å². The van der Waals surface area contributed by atoms with Crippen LogP contribution in [0, 0.1) is 0 Å². The maximum atomic E-state index is 12.5. The van der Waals surface area contributed by atoms with Crippen molar-refractivity contribution in [2.45, 2.75) is 17.5 Å². The highest BCUT2D eigenvalue weighted by molar-refractivity contribution is 7.89. The number of sulfonamides is 1. The van der Waals surface area contributed by atoms with Gasteiger partial charge in [-0.3, -0.25) is 0 Å². The van der Waals surface area contributed by atoms with Crippen molar-refractivity contribution in [1.29, 1.82) is 0 Å². The molecular weight excluding hydrogens is 381 g/mol. The van der Waals surface area contributed by atoms with Gasteiger partial charge in [-0.05, 0) is 30.7 Å². The first kappa shape index (κ1) is 20.4. The molecule has 0 aromatic heterocycles. The minimum Gasteiger partial charge on any atom is -0.372 e. The third-order valence-corrected chi connectivity index (χ3v) is 5.98. The van der Waals surface area contributed by atoms with E-state index in [9.17, 15) is 21.6 Å². The van der Waals surface area contributed by atoms with Crippen molar-refractivity contribution in [2.75, 3.05) is 45.9 Å². The summed E-state index contributed by atoms with van der Waals surface area (Å²) in [6.45, 7) is 1.12. The van der Waals surface area contributed by atoms with Gasteiger partial charge in [0, 0.05) is 44.4 Å². The van der Waals surface area contributed by atoms with Gasteiger partial charge in [0.1, 0.15) is 6.61 Å². The van der Waals surface area contributed by atoms with E-state index in [-0.39, 0.29) is 11.5 Å². The summed E-state index contributed by atoms with van der Waals surface area (Å²) < 4.78 is 66.9. The summed E-state index contributed by atoms with van der Waals surface area (Å²) in [6.07, 6.45) is -3.83. The van der Waals surface area contributed by atoms with Crippen molar-refractivity contribution >= 4 is 21.6 Å². The van der Waals surface area contributed by atoms with Crippen molar-refractivity contribution in [2.24, 2.45) is 0 Å². The molecule has 1 saturated heterocycles. The molecule has 1 fully saturated rings. The Balaban J connectivity index is 1.75. The Labute approximate surface area is 150 Å². The Bertz CT molecular complexity index is 645. The fourth-order valence-corrected chi connectivity index (χ4v) is 4.08. The summed E-state index contributed by atoms with van der Waals surface area (Å²) >= 11 is 5.77. The fourth-order valence-electron chi connectivity index (χ4n) is 2.53. The van der Waals surface area contributed by atoms with Gasteiger partial charge in [0.05, 0.1) is 4.90 Å². The average Bonchev–Trinajstić information content (AvgIpc) is 2.54. The number of piperazine rings is 1. The van der Waals surface area contributed by atoms with Gasteiger partial charge >= 0.3 is 6.18 Å². The lowest BCUT2D eigenvalue weighted by atomic mass is 10.3. The smallest absolute Gasteiger partial charge is 0.372 e.